The van der Waals surface area contributed by atoms with Crippen molar-refractivity contribution in [3.63, 3.8) is 0 Å². The molecule has 0 saturated carbocycles. The summed E-state index contributed by atoms with van der Waals surface area (Å²) in [5.41, 5.74) is 5.66. The molecule has 0 aliphatic carbocycles. The quantitative estimate of drug-likeness (QED) is 0.758. The van der Waals surface area contributed by atoms with Gasteiger partial charge in [-0.2, -0.15) is 0 Å². The van der Waals surface area contributed by atoms with Gasteiger partial charge in [0.1, 0.15) is 0 Å². The first kappa shape index (κ1) is 14.5. The Hall–Kier alpha value is -0.610. The molecule has 1 heterocycles. The molecular formula is C13H27N3O. The highest BCUT2D eigenvalue weighted by molar-refractivity contribution is 5.81. The molecule has 1 amide bonds. The van der Waals surface area contributed by atoms with E-state index in [1.54, 1.807) is 0 Å². The highest BCUT2D eigenvalue weighted by Crippen LogP contribution is 2.12. The van der Waals surface area contributed by atoms with Crippen LogP contribution < -0.4 is 11.1 Å². The van der Waals surface area contributed by atoms with Gasteiger partial charge in [0.15, 0.2) is 0 Å². The first-order chi connectivity index (χ1) is 8.11. The standard InChI is InChI=1S/C13H27N3O/c1-11(14)7-8-15-13(17)12(2)16-9-5-3-4-6-10-16/h11-12H,3-10,14H2,1-2H3,(H,15,17). The second kappa shape index (κ2) is 7.67. The van der Waals surface area contributed by atoms with E-state index < -0.39 is 0 Å². The van der Waals surface area contributed by atoms with E-state index in [9.17, 15) is 4.79 Å². The lowest BCUT2D eigenvalue weighted by molar-refractivity contribution is -0.125. The third kappa shape index (κ3) is 5.50. The monoisotopic (exact) mass is 241 g/mol. The summed E-state index contributed by atoms with van der Waals surface area (Å²) in [5, 5.41) is 2.97. The fourth-order valence-corrected chi connectivity index (χ4v) is 2.22. The molecule has 0 bridgehead atoms. The highest BCUT2D eigenvalue weighted by atomic mass is 16.2. The Labute approximate surface area is 105 Å². The second-order valence-electron chi connectivity index (χ2n) is 5.18. The molecule has 3 N–H and O–H groups in total. The molecular weight excluding hydrogens is 214 g/mol. The summed E-state index contributed by atoms with van der Waals surface area (Å²) in [4.78, 5) is 14.2. The third-order valence-electron chi connectivity index (χ3n) is 3.47. The van der Waals surface area contributed by atoms with Gasteiger partial charge in [-0.25, -0.2) is 0 Å². The normalized spacial score (nSPS) is 21.6. The summed E-state index contributed by atoms with van der Waals surface area (Å²) in [7, 11) is 0. The molecule has 0 radical (unpaired) electrons. The molecule has 2 unspecified atom stereocenters. The van der Waals surface area contributed by atoms with Crippen LogP contribution in [0, 0.1) is 0 Å². The van der Waals surface area contributed by atoms with Crippen molar-refractivity contribution in [1.29, 1.82) is 0 Å². The van der Waals surface area contributed by atoms with Crippen molar-refractivity contribution < 1.29 is 4.79 Å². The lowest BCUT2D eigenvalue weighted by Crippen LogP contribution is -2.46. The predicted octanol–water partition coefficient (Wildman–Crippen LogP) is 1.10. The van der Waals surface area contributed by atoms with Gasteiger partial charge in [-0.3, -0.25) is 9.69 Å². The number of nitrogens with zero attached hydrogens (tertiary/aromatic N) is 1. The van der Waals surface area contributed by atoms with Gasteiger partial charge in [0, 0.05) is 12.6 Å². The van der Waals surface area contributed by atoms with Gasteiger partial charge in [0.2, 0.25) is 5.91 Å². The maximum Gasteiger partial charge on any atom is 0.237 e. The Bertz CT molecular complexity index is 223. The number of hydrogen-bond acceptors (Lipinski definition) is 3. The van der Waals surface area contributed by atoms with Crippen LogP contribution in [-0.2, 0) is 4.79 Å². The third-order valence-corrected chi connectivity index (χ3v) is 3.47. The average molecular weight is 241 g/mol. The average Bonchev–Trinajstić information content (AvgIpc) is 2.55. The summed E-state index contributed by atoms with van der Waals surface area (Å²) in [6, 6.07) is 0.157. The molecule has 0 spiro atoms. The first-order valence-electron chi connectivity index (χ1n) is 6.88. The Morgan fingerprint density at radius 1 is 1.24 bits per heavy atom. The molecule has 0 aromatic heterocycles. The number of carbonyl (C=O) groups excluding carboxylic acids is 1. The van der Waals surface area contributed by atoms with Crippen molar-refractivity contribution >= 4 is 5.91 Å². The smallest absolute Gasteiger partial charge is 0.237 e. The van der Waals surface area contributed by atoms with Crippen molar-refractivity contribution in [2.75, 3.05) is 19.6 Å². The van der Waals surface area contributed by atoms with E-state index in [4.69, 9.17) is 5.73 Å². The Kier molecular flexibility index (Phi) is 6.52. The van der Waals surface area contributed by atoms with Crippen LogP contribution in [0.2, 0.25) is 0 Å². The zero-order chi connectivity index (χ0) is 12.7. The van der Waals surface area contributed by atoms with Crippen LogP contribution in [0.25, 0.3) is 0 Å². The lowest BCUT2D eigenvalue weighted by Gasteiger charge is -2.26. The minimum absolute atomic E-state index is 0.00109. The van der Waals surface area contributed by atoms with Crippen LogP contribution in [0.4, 0.5) is 0 Å². The van der Waals surface area contributed by atoms with Gasteiger partial charge in [-0.15, -0.1) is 0 Å². The summed E-state index contributed by atoms with van der Waals surface area (Å²) in [5.74, 6) is 0.146. The number of likely N-dealkylation sites (tertiary alicyclic amines) is 1. The zero-order valence-electron chi connectivity index (χ0n) is 11.2. The fourth-order valence-electron chi connectivity index (χ4n) is 2.22. The Balaban J connectivity index is 2.29. The molecule has 0 aromatic rings. The molecule has 1 aliphatic heterocycles. The van der Waals surface area contributed by atoms with E-state index in [0.29, 0.717) is 6.54 Å². The van der Waals surface area contributed by atoms with Gasteiger partial charge >= 0.3 is 0 Å². The van der Waals surface area contributed by atoms with E-state index in [2.05, 4.69) is 10.2 Å². The van der Waals surface area contributed by atoms with Crippen LogP contribution in [0.3, 0.4) is 0 Å². The van der Waals surface area contributed by atoms with E-state index in [-0.39, 0.29) is 18.0 Å². The van der Waals surface area contributed by atoms with Gasteiger partial charge in [-0.1, -0.05) is 12.8 Å². The topological polar surface area (TPSA) is 58.4 Å². The Morgan fingerprint density at radius 3 is 2.35 bits per heavy atom. The Morgan fingerprint density at radius 2 is 1.82 bits per heavy atom. The highest BCUT2D eigenvalue weighted by Gasteiger charge is 2.21. The fraction of sp³-hybridized carbons (Fsp3) is 0.923. The number of rotatable bonds is 5. The number of amides is 1. The summed E-state index contributed by atoms with van der Waals surface area (Å²) in [6.07, 6.45) is 5.89. The van der Waals surface area contributed by atoms with E-state index in [0.717, 1.165) is 19.5 Å². The van der Waals surface area contributed by atoms with Gasteiger partial charge in [-0.05, 0) is 46.2 Å². The van der Waals surface area contributed by atoms with Crippen LogP contribution in [0.5, 0.6) is 0 Å². The van der Waals surface area contributed by atoms with Crippen LogP contribution in [-0.4, -0.2) is 42.5 Å². The molecule has 2 atom stereocenters. The molecule has 4 nitrogen and oxygen atoms in total. The zero-order valence-corrected chi connectivity index (χ0v) is 11.2. The number of nitrogens with one attached hydrogen (secondary N) is 1. The van der Waals surface area contributed by atoms with E-state index in [1.165, 1.54) is 25.7 Å². The number of hydrogen-bond donors (Lipinski definition) is 2. The maximum absolute atomic E-state index is 11.9. The molecule has 100 valence electrons. The van der Waals surface area contributed by atoms with Crippen molar-refractivity contribution in [2.45, 2.75) is 58.0 Å². The van der Waals surface area contributed by atoms with Crippen LogP contribution in [0.15, 0.2) is 0 Å². The molecule has 1 rings (SSSR count). The van der Waals surface area contributed by atoms with Crippen molar-refractivity contribution in [1.82, 2.24) is 10.2 Å². The van der Waals surface area contributed by atoms with E-state index >= 15 is 0 Å². The summed E-state index contributed by atoms with van der Waals surface area (Å²) in [6.45, 7) is 6.77. The van der Waals surface area contributed by atoms with Gasteiger partial charge in [0.25, 0.3) is 0 Å². The molecule has 1 fully saturated rings. The lowest BCUT2D eigenvalue weighted by atomic mass is 10.2. The van der Waals surface area contributed by atoms with Crippen LogP contribution in [0.1, 0.15) is 46.0 Å². The van der Waals surface area contributed by atoms with E-state index in [1.807, 2.05) is 13.8 Å². The minimum Gasteiger partial charge on any atom is -0.355 e. The predicted molar refractivity (Wildman–Crippen MR) is 70.8 cm³/mol. The van der Waals surface area contributed by atoms with Crippen LogP contribution >= 0.6 is 0 Å². The number of carbonyl (C=O) groups is 1. The molecule has 1 aliphatic rings. The second-order valence-corrected chi connectivity index (χ2v) is 5.18. The largest absolute Gasteiger partial charge is 0.355 e. The molecule has 0 aromatic carbocycles. The molecule has 4 heteroatoms. The van der Waals surface area contributed by atoms with Crippen molar-refractivity contribution in [3.8, 4) is 0 Å². The SMILES string of the molecule is CC(N)CCNC(=O)C(C)N1CCCCCC1. The maximum atomic E-state index is 11.9. The van der Waals surface area contributed by atoms with Crippen molar-refractivity contribution in [3.05, 3.63) is 0 Å². The molecule has 17 heavy (non-hydrogen) atoms. The summed E-state index contributed by atoms with van der Waals surface area (Å²) < 4.78 is 0. The van der Waals surface area contributed by atoms with Gasteiger partial charge in [0.05, 0.1) is 6.04 Å². The van der Waals surface area contributed by atoms with Gasteiger partial charge < -0.3 is 11.1 Å². The summed E-state index contributed by atoms with van der Waals surface area (Å²) >= 11 is 0. The first-order valence-corrected chi connectivity index (χ1v) is 6.88. The minimum atomic E-state index is 0.00109. The molecule has 1 saturated heterocycles. The number of nitrogens with two attached hydrogens (primary N) is 1. The van der Waals surface area contributed by atoms with Crippen molar-refractivity contribution in [2.24, 2.45) is 5.73 Å².